The maximum atomic E-state index is 10.3. The summed E-state index contributed by atoms with van der Waals surface area (Å²) in [5.41, 5.74) is 12.7. The highest BCUT2D eigenvalue weighted by Gasteiger charge is 2.44. The molecule has 0 saturated carbocycles. The van der Waals surface area contributed by atoms with E-state index in [1.165, 1.54) is 66.6 Å². The molecule has 2 N–H and O–H groups in total. The molecule has 278 valence electrons. The molecule has 9 rings (SSSR count). The third-order valence-corrected chi connectivity index (χ3v) is 12.4. The number of aromatic hydroxyl groups is 2. The molecule has 0 aromatic heterocycles. The number of allylic oxidation sites excluding steroid dienone is 7. The second-order valence-corrected chi connectivity index (χ2v) is 16.4. The summed E-state index contributed by atoms with van der Waals surface area (Å²) in [5.74, 6) is 0.433. The lowest BCUT2D eigenvalue weighted by Gasteiger charge is -2.29. The third-order valence-electron chi connectivity index (χ3n) is 12.4. The number of rotatable bonds is 6. The van der Waals surface area contributed by atoms with Gasteiger partial charge in [0, 0.05) is 52.9 Å². The fourth-order valence-corrected chi connectivity index (χ4v) is 9.68. The molecule has 6 aromatic rings. The zero-order chi connectivity index (χ0) is 38.9. The van der Waals surface area contributed by atoms with Crippen molar-refractivity contribution in [2.45, 2.75) is 51.4 Å². The summed E-state index contributed by atoms with van der Waals surface area (Å²) in [7, 11) is 4.37. The summed E-state index contributed by atoms with van der Waals surface area (Å²) < 4.78 is 2.35. The topological polar surface area (TPSA) is 50.0 Å². The quantitative estimate of drug-likeness (QED) is 0.167. The second kappa shape index (κ2) is 13.2. The van der Waals surface area contributed by atoms with E-state index in [0.717, 1.165) is 29.9 Å². The Morgan fingerprint density at radius 3 is 1.82 bits per heavy atom. The van der Waals surface area contributed by atoms with Crippen LogP contribution in [0, 0.1) is 0 Å². The molecule has 3 aliphatic rings. The molecule has 2 aliphatic heterocycles. The SMILES string of the molecule is CN1C(=C/C=C2/CCC(C=CC3=[N+](C)c4ccc5ccccc5c4C3(C)C)=C2N(c2ccc(O)cc2)c2ccc(O)cc2)C(C)(C)c2c1ccc1ccccc21. The molecule has 2 heterocycles. The van der Waals surface area contributed by atoms with Gasteiger partial charge in [0.2, 0.25) is 5.69 Å². The summed E-state index contributed by atoms with van der Waals surface area (Å²) in [6.07, 6.45) is 11.0. The molecule has 0 saturated heterocycles. The van der Waals surface area contributed by atoms with Crippen molar-refractivity contribution in [2.75, 3.05) is 23.9 Å². The summed E-state index contributed by atoms with van der Waals surface area (Å²) in [6, 6.07) is 41.2. The van der Waals surface area contributed by atoms with Crippen molar-refractivity contribution in [1.82, 2.24) is 0 Å². The highest BCUT2D eigenvalue weighted by atomic mass is 16.3. The van der Waals surface area contributed by atoms with E-state index in [-0.39, 0.29) is 22.3 Å². The third kappa shape index (κ3) is 5.56. The highest BCUT2D eigenvalue weighted by Crippen LogP contribution is 2.51. The Labute approximate surface area is 329 Å². The lowest BCUT2D eigenvalue weighted by molar-refractivity contribution is -0.401. The van der Waals surface area contributed by atoms with Gasteiger partial charge in [-0.1, -0.05) is 80.6 Å². The van der Waals surface area contributed by atoms with Gasteiger partial charge in [-0.15, -0.1) is 0 Å². The Balaban J connectivity index is 1.20. The van der Waals surface area contributed by atoms with Crippen LogP contribution in [0.3, 0.4) is 0 Å². The lowest BCUT2D eigenvalue weighted by atomic mass is 9.79. The van der Waals surface area contributed by atoms with Gasteiger partial charge < -0.3 is 20.0 Å². The summed E-state index contributed by atoms with van der Waals surface area (Å²) in [5, 5.41) is 25.8. The van der Waals surface area contributed by atoms with E-state index in [2.05, 4.69) is 153 Å². The van der Waals surface area contributed by atoms with Crippen LogP contribution in [-0.4, -0.2) is 34.6 Å². The van der Waals surface area contributed by atoms with E-state index >= 15 is 0 Å². The van der Waals surface area contributed by atoms with Gasteiger partial charge in [0.1, 0.15) is 18.5 Å². The van der Waals surface area contributed by atoms with Crippen LogP contribution >= 0.6 is 0 Å². The average molecular weight is 735 g/mol. The monoisotopic (exact) mass is 734 g/mol. The first-order valence-corrected chi connectivity index (χ1v) is 19.6. The minimum Gasteiger partial charge on any atom is -0.508 e. The number of likely N-dealkylation sites (N-methyl/N-ethyl adjacent to an activating group) is 1. The van der Waals surface area contributed by atoms with Gasteiger partial charge in [-0.05, 0) is 132 Å². The number of hydrogen-bond acceptors (Lipinski definition) is 4. The van der Waals surface area contributed by atoms with Crippen molar-refractivity contribution >= 4 is 50.0 Å². The molecule has 0 bridgehead atoms. The molecule has 6 aromatic carbocycles. The molecule has 5 nitrogen and oxygen atoms in total. The molecular formula is C51H48N3O2+. The van der Waals surface area contributed by atoms with Crippen LogP contribution in [-0.2, 0) is 10.8 Å². The first-order chi connectivity index (χ1) is 26.9. The van der Waals surface area contributed by atoms with Crippen LogP contribution in [0.1, 0.15) is 51.7 Å². The zero-order valence-corrected chi connectivity index (χ0v) is 33.0. The van der Waals surface area contributed by atoms with E-state index in [0.29, 0.717) is 0 Å². The maximum Gasteiger partial charge on any atom is 0.210 e. The van der Waals surface area contributed by atoms with Crippen LogP contribution in [0.2, 0.25) is 0 Å². The van der Waals surface area contributed by atoms with E-state index in [1.54, 1.807) is 24.3 Å². The van der Waals surface area contributed by atoms with Crippen molar-refractivity contribution in [1.29, 1.82) is 0 Å². The number of benzene rings is 6. The Kier molecular flexibility index (Phi) is 8.31. The Bertz CT molecular complexity index is 2680. The van der Waals surface area contributed by atoms with Crippen LogP contribution in [0.5, 0.6) is 11.5 Å². The predicted octanol–water partition coefficient (Wildman–Crippen LogP) is 12.1. The minimum atomic E-state index is -0.213. The molecule has 0 radical (unpaired) electrons. The van der Waals surface area contributed by atoms with Crippen molar-refractivity contribution in [3.8, 4) is 11.5 Å². The van der Waals surface area contributed by atoms with E-state index < -0.39 is 0 Å². The molecular weight excluding hydrogens is 687 g/mol. The number of phenolic OH excluding ortho intramolecular Hbond substituents is 2. The van der Waals surface area contributed by atoms with Crippen molar-refractivity contribution in [3.63, 3.8) is 0 Å². The van der Waals surface area contributed by atoms with E-state index in [4.69, 9.17) is 0 Å². The minimum absolute atomic E-state index is 0.213. The van der Waals surface area contributed by atoms with E-state index in [1.807, 2.05) is 24.3 Å². The number of fused-ring (bicyclic) bond motifs is 6. The Morgan fingerprint density at radius 1 is 0.625 bits per heavy atom. The lowest BCUT2D eigenvalue weighted by Crippen LogP contribution is -2.27. The van der Waals surface area contributed by atoms with Crippen molar-refractivity contribution < 1.29 is 14.8 Å². The predicted molar refractivity (Wildman–Crippen MR) is 233 cm³/mol. The van der Waals surface area contributed by atoms with Gasteiger partial charge in [0.05, 0.1) is 11.1 Å². The van der Waals surface area contributed by atoms with Gasteiger partial charge in [-0.3, -0.25) is 0 Å². The number of anilines is 3. The fraction of sp³-hybridized carbons (Fsp3) is 0.196. The van der Waals surface area contributed by atoms with Gasteiger partial charge in [0.15, 0.2) is 5.71 Å². The zero-order valence-electron chi connectivity index (χ0n) is 33.0. The molecule has 0 fully saturated rings. The number of phenols is 2. The molecule has 0 unspecified atom stereocenters. The largest absolute Gasteiger partial charge is 0.508 e. The second-order valence-electron chi connectivity index (χ2n) is 16.4. The van der Waals surface area contributed by atoms with Crippen molar-refractivity contribution in [2.24, 2.45) is 0 Å². The van der Waals surface area contributed by atoms with Crippen LogP contribution in [0.4, 0.5) is 22.7 Å². The molecule has 5 heteroatoms. The summed E-state index contributed by atoms with van der Waals surface area (Å²) >= 11 is 0. The van der Waals surface area contributed by atoms with Crippen LogP contribution in [0.25, 0.3) is 21.5 Å². The smallest absolute Gasteiger partial charge is 0.210 e. The Hall–Kier alpha value is -6.33. The fourth-order valence-electron chi connectivity index (χ4n) is 9.68. The number of hydrogen-bond donors (Lipinski definition) is 2. The maximum absolute atomic E-state index is 10.3. The van der Waals surface area contributed by atoms with Gasteiger partial charge in [-0.25, -0.2) is 0 Å². The van der Waals surface area contributed by atoms with Crippen LogP contribution in [0.15, 0.2) is 168 Å². The first-order valence-electron chi connectivity index (χ1n) is 19.6. The van der Waals surface area contributed by atoms with Gasteiger partial charge >= 0.3 is 0 Å². The standard InChI is InChI=1S/C51H47N3O2/c1-50(2)45(52(5)43-29-17-33-11-7-9-13-41(33)47(43)50)31-19-35-15-16-36(49(35)54(37-21-25-39(55)26-22-37)38-23-27-40(56)28-24-38)20-32-46-51(3,4)48-42-14-10-8-12-34(42)18-30-44(48)53(46)6/h7-14,17-32H,15-16H2,1-6H3,(H-,55,56)/p+1. The Morgan fingerprint density at radius 2 is 1.20 bits per heavy atom. The number of nitrogens with zero attached hydrogens (tertiary/aromatic N) is 3. The first kappa shape index (κ1) is 35.4. The normalized spacial score (nSPS) is 18.6. The molecule has 0 atom stereocenters. The van der Waals surface area contributed by atoms with Crippen LogP contribution < -0.4 is 9.80 Å². The average Bonchev–Trinajstić information content (AvgIpc) is 3.75. The molecule has 0 amide bonds. The molecule has 0 spiro atoms. The van der Waals surface area contributed by atoms with E-state index in [9.17, 15) is 10.2 Å². The highest BCUT2D eigenvalue weighted by molar-refractivity contribution is 6.08. The summed E-state index contributed by atoms with van der Waals surface area (Å²) in [4.78, 5) is 4.63. The summed E-state index contributed by atoms with van der Waals surface area (Å²) in [6.45, 7) is 9.35. The molecule has 56 heavy (non-hydrogen) atoms. The molecule has 1 aliphatic carbocycles. The van der Waals surface area contributed by atoms with Gasteiger partial charge in [0.25, 0.3) is 0 Å². The van der Waals surface area contributed by atoms with Gasteiger partial charge in [-0.2, -0.15) is 4.58 Å². The van der Waals surface area contributed by atoms with Crippen molar-refractivity contribution in [3.05, 3.63) is 179 Å².